The van der Waals surface area contributed by atoms with Crippen LogP contribution in [0.5, 0.6) is 0 Å². The Labute approximate surface area is 134 Å². The maximum atomic E-state index is 12.3. The van der Waals surface area contributed by atoms with Crippen molar-refractivity contribution in [1.29, 1.82) is 0 Å². The number of urea groups is 1. The van der Waals surface area contributed by atoms with Crippen molar-refractivity contribution in [1.82, 2.24) is 5.32 Å². The van der Waals surface area contributed by atoms with Gasteiger partial charge in [0.05, 0.1) is 12.1 Å². The lowest BCUT2D eigenvalue weighted by Gasteiger charge is -2.21. The van der Waals surface area contributed by atoms with Crippen LogP contribution < -0.4 is 10.2 Å². The van der Waals surface area contributed by atoms with E-state index in [-0.39, 0.29) is 24.5 Å². The quantitative estimate of drug-likeness (QED) is 0.624. The molecule has 0 aliphatic carbocycles. The number of rotatable bonds is 6. The Morgan fingerprint density at radius 3 is 2.82 bits per heavy atom. The van der Waals surface area contributed by atoms with Gasteiger partial charge in [0.1, 0.15) is 0 Å². The Balaban J connectivity index is 1.60. The van der Waals surface area contributed by atoms with Crippen molar-refractivity contribution < 1.29 is 14.7 Å². The molecular formula is C16H20N2O3S. The first-order chi connectivity index (χ1) is 10.7. The largest absolute Gasteiger partial charge is 0.481 e. The lowest BCUT2D eigenvalue weighted by atomic mass is 10.0. The Bertz CT molecular complexity index is 552. The van der Waals surface area contributed by atoms with Gasteiger partial charge >= 0.3 is 12.0 Å². The average molecular weight is 320 g/mol. The van der Waals surface area contributed by atoms with Gasteiger partial charge in [-0.05, 0) is 25.0 Å². The molecule has 5 nitrogen and oxygen atoms in total. The molecule has 0 bridgehead atoms. The number of thioether (sulfide) groups is 1. The number of carbonyl (C=O) groups excluding carboxylic acids is 1. The zero-order valence-corrected chi connectivity index (χ0v) is 13.1. The van der Waals surface area contributed by atoms with E-state index in [4.69, 9.17) is 5.11 Å². The zero-order valence-electron chi connectivity index (χ0n) is 12.3. The van der Waals surface area contributed by atoms with Crippen LogP contribution in [0.4, 0.5) is 10.5 Å². The van der Waals surface area contributed by atoms with Crippen LogP contribution in [0.1, 0.15) is 25.7 Å². The van der Waals surface area contributed by atoms with Crippen molar-refractivity contribution in [2.24, 2.45) is 0 Å². The summed E-state index contributed by atoms with van der Waals surface area (Å²) in [6, 6.07) is 10.1. The summed E-state index contributed by atoms with van der Waals surface area (Å²) in [4.78, 5) is 24.7. The first kappa shape index (κ1) is 15.2. The summed E-state index contributed by atoms with van der Waals surface area (Å²) in [6.07, 6.45) is 2.80. The molecule has 118 valence electrons. The van der Waals surface area contributed by atoms with E-state index in [1.165, 1.54) is 0 Å². The van der Waals surface area contributed by atoms with E-state index in [0.717, 1.165) is 24.3 Å². The monoisotopic (exact) mass is 320 g/mol. The van der Waals surface area contributed by atoms with Crippen molar-refractivity contribution in [2.45, 2.75) is 43.0 Å². The van der Waals surface area contributed by atoms with E-state index >= 15 is 0 Å². The molecule has 2 aliphatic heterocycles. The van der Waals surface area contributed by atoms with Gasteiger partial charge in [0.2, 0.25) is 0 Å². The highest BCUT2D eigenvalue weighted by Gasteiger charge is 2.48. The molecule has 1 aromatic carbocycles. The third-order valence-corrected chi connectivity index (χ3v) is 5.79. The molecule has 2 fully saturated rings. The Morgan fingerprint density at radius 2 is 2.09 bits per heavy atom. The van der Waals surface area contributed by atoms with Gasteiger partial charge in [0.15, 0.2) is 0 Å². The Morgan fingerprint density at radius 1 is 1.32 bits per heavy atom. The first-order valence-corrected chi connectivity index (χ1v) is 8.70. The minimum absolute atomic E-state index is 0.0166. The number of amides is 2. The zero-order chi connectivity index (χ0) is 15.5. The third kappa shape index (κ3) is 3.06. The maximum Gasteiger partial charge on any atom is 0.322 e. The lowest BCUT2D eigenvalue weighted by molar-refractivity contribution is -0.137. The topological polar surface area (TPSA) is 69.6 Å². The summed E-state index contributed by atoms with van der Waals surface area (Å²) in [6.45, 7) is 0. The van der Waals surface area contributed by atoms with E-state index in [0.29, 0.717) is 11.7 Å². The molecule has 2 amide bonds. The minimum atomic E-state index is -0.735. The van der Waals surface area contributed by atoms with Crippen LogP contribution in [0.15, 0.2) is 30.3 Å². The molecule has 6 heteroatoms. The number of hydrogen-bond donors (Lipinski definition) is 2. The number of unbranched alkanes of at least 4 members (excludes halogenated alkanes) is 1. The normalized spacial score (nSPS) is 26.8. The van der Waals surface area contributed by atoms with Crippen LogP contribution >= 0.6 is 11.8 Å². The van der Waals surface area contributed by atoms with Gasteiger partial charge in [-0.15, -0.1) is 0 Å². The predicted molar refractivity (Wildman–Crippen MR) is 87.4 cm³/mol. The van der Waals surface area contributed by atoms with Gasteiger partial charge in [-0.1, -0.05) is 24.6 Å². The van der Waals surface area contributed by atoms with E-state index in [1.807, 2.05) is 47.0 Å². The third-order valence-electron chi connectivity index (χ3n) is 4.30. The molecule has 3 rings (SSSR count). The molecule has 0 aromatic heterocycles. The number of nitrogens with one attached hydrogen (secondary N) is 1. The molecular weight excluding hydrogens is 300 g/mol. The van der Waals surface area contributed by atoms with Crippen molar-refractivity contribution in [2.75, 3.05) is 10.7 Å². The van der Waals surface area contributed by atoms with Crippen LogP contribution in [0.25, 0.3) is 0 Å². The van der Waals surface area contributed by atoms with Gasteiger partial charge in [0.25, 0.3) is 0 Å². The minimum Gasteiger partial charge on any atom is -0.481 e. The van der Waals surface area contributed by atoms with E-state index in [9.17, 15) is 9.59 Å². The van der Waals surface area contributed by atoms with Crippen LogP contribution in [0, 0.1) is 0 Å². The molecule has 2 aliphatic rings. The molecule has 2 saturated heterocycles. The second-order valence-electron chi connectivity index (χ2n) is 5.76. The average Bonchev–Trinajstić information content (AvgIpc) is 3.02. The smallest absolute Gasteiger partial charge is 0.322 e. The van der Waals surface area contributed by atoms with Crippen LogP contribution in [0.2, 0.25) is 0 Å². The summed E-state index contributed by atoms with van der Waals surface area (Å²) < 4.78 is 0. The standard InChI is InChI=1S/C16H20N2O3S/c19-14(20)9-5-4-8-13-15-12(10-22-13)18(16(21)17-15)11-6-2-1-3-7-11/h1-3,6-7,12-13,15H,4-5,8-10H2,(H,17,21)(H,19,20)/t12-,13+,15-/m1/s1. The number of carboxylic acids is 1. The number of anilines is 1. The maximum absolute atomic E-state index is 12.3. The Kier molecular flexibility index (Phi) is 4.57. The predicted octanol–water partition coefficient (Wildman–Crippen LogP) is 2.71. The summed E-state index contributed by atoms with van der Waals surface area (Å²) in [7, 11) is 0. The molecule has 2 N–H and O–H groups in total. The highest BCUT2D eigenvalue weighted by Crippen LogP contribution is 2.38. The number of benzene rings is 1. The second-order valence-corrected chi connectivity index (χ2v) is 7.03. The van der Waals surface area contributed by atoms with Gasteiger partial charge in [-0.2, -0.15) is 11.8 Å². The van der Waals surface area contributed by atoms with Gasteiger partial charge in [-0.25, -0.2) is 4.79 Å². The van der Waals surface area contributed by atoms with Crippen molar-refractivity contribution in [3.8, 4) is 0 Å². The second kappa shape index (κ2) is 6.60. The number of carbonyl (C=O) groups is 2. The fourth-order valence-electron chi connectivity index (χ4n) is 3.25. The van der Waals surface area contributed by atoms with E-state index in [2.05, 4.69) is 5.32 Å². The number of para-hydroxylation sites is 1. The van der Waals surface area contributed by atoms with Crippen LogP contribution in [-0.2, 0) is 4.79 Å². The molecule has 0 unspecified atom stereocenters. The van der Waals surface area contributed by atoms with Gasteiger partial charge in [0, 0.05) is 23.1 Å². The number of aliphatic carboxylic acids is 1. The number of hydrogen-bond acceptors (Lipinski definition) is 3. The molecule has 0 radical (unpaired) electrons. The van der Waals surface area contributed by atoms with Gasteiger partial charge in [-0.3, -0.25) is 9.69 Å². The number of carboxylic acid groups (broad SMARTS) is 1. The van der Waals surface area contributed by atoms with Crippen molar-refractivity contribution in [3.63, 3.8) is 0 Å². The fraction of sp³-hybridized carbons (Fsp3) is 0.500. The summed E-state index contributed by atoms with van der Waals surface area (Å²) in [5.74, 6) is 0.198. The Hall–Kier alpha value is -1.69. The summed E-state index contributed by atoms with van der Waals surface area (Å²) >= 11 is 1.89. The van der Waals surface area contributed by atoms with Crippen LogP contribution in [-0.4, -0.2) is 40.2 Å². The number of fused-ring (bicyclic) bond motifs is 1. The highest BCUT2D eigenvalue weighted by molar-refractivity contribution is 8.00. The highest BCUT2D eigenvalue weighted by atomic mass is 32.2. The van der Waals surface area contributed by atoms with Crippen molar-refractivity contribution in [3.05, 3.63) is 30.3 Å². The molecule has 1 aromatic rings. The van der Waals surface area contributed by atoms with Crippen LogP contribution in [0.3, 0.4) is 0 Å². The molecule has 22 heavy (non-hydrogen) atoms. The van der Waals surface area contributed by atoms with Crippen molar-refractivity contribution >= 4 is 29.4 Å². The molecule has 0 saturated carbocycles. The fourth-order valence-corrected chi connectivity index (χ4v) is 4.84. The molecule has 3 atom stereocenters. The summed E-state index contributed by atoms with van der Waals surface area (Å²) in [5.41, 5.74) is 0.944. The van der Waals surface area contributed by atoms with E-state index in [1.54, 1.807) is 0 Å². The summed E-state index contributed by atoms with van der Waals surface area (Å²) in [5, 5.41) is 12.2. The first-order valence-electron chi connectivity index (χ1n) is 7.65. The van der Waals surface area contributed by atoms with E-state index < -0.39 is 5.97 Å². The van der Waals surface area contributed by atoms with Gasteiger partial charge < -0.3 is 10.4 Å². The number of nitrogens with zero attached hydrogens (tertiary/aromatic N) is 1. The lowest BCUT2D eigenvalue weighted by Crippen LogP contribution is -2.38. The SMILES string of the molecule is O=C(O)CCCC[C@@H]1SC[C@@H]2[C@H]1NC(=O)N2c1ccccc1. The molecule has 0 spiro atoms. The molecule has 2 heterocycles.